The molecule has 0 unspecified atom stereocenters. The first-order valence-electron chi connectivity index (χ1n) is 7.87. The Morgan fingerprint density at radius 2 is 2.04 bits per heavy atom. The second kappa shape index (κ2) is 8.06. The lowest BCUT2D eigenvalue weighted by Crippen LogP contribution is -2.15. The van der Waals surface area contributed by atoms with Crippen molar-refractivity contribution in [2.24, 2.45) is 0 Å². The number of aromatic nitrogens is 1. The molecule has 1 aliphatic rings. The molecule has 4 nitrogen and oxygen atoms in total. The molecule has 1 amide bonds. The highest BCUT2D eigenvalue weighted by molar-refractivity contribution is 7.99. The van der Waals surface area contributed by atoms with Crippen molar-refractivity contribution in [2.45, 2.75) is 34.4 Å². The standard InChI is InChI=1S/C18H15F2N3OS2/c1-25-17-14(9-21)13(8-15(23-17)10-2-3-10)16(24)22-11-4-6-12(7-5-11)26-18(19)20/h4-8,10,18H,2-3H2,1H3,(H,22,24). The third-order valence-corrected chi connectivity index (χ3v) is 5.29. The smallest absolute Gasteiger partial charge is 0.288 e. The van der Waals surface area contributed by atoms with Gasteiger partial charge in [-0.15, -0.1) is 11.8 Å². The van der Waals surface area contributed by atoms with Crippen molar-refractivity contribution >= 4 is 35.1 Å². The predicted molar refractivity (Wildman–Crippen MR) is 99.0 cm³/mol. The van der Waals surface area contributed by atoms with Crippen molar-refractivity contribution in [3.63, 3.8) is 0 Å². The number of thioether (sulfide) groups is 2. The summed E-state index contributed by atoms with van der Waals surface area (Å²) >= 11 is 1.78. The summed E-state index contributed by atoms with van der Waals surface area (Å²) in [6, 6.07) is 9.92. The lowest BCUT2D eigenvalue weighted by molar-refractivity contribution is 0.102. The number of benzene rings is 1. The lowest BCUT2D eigenvalue weighted by Gasteiger charge is -2.11. The summed E-state index contributed by atoms with van der Waals surface area (Å²) in [6.07, 6.45) is 3.90. The Morgan fingerprint density at radius 3 is 2.58 bits per heavy atom. The number of carbonyl (C=O) groups is 1. The molecule has 0 saturated heterocycles. The van der Waals surface area contributed by atoms with Crippen LogP contribution < -0.4 is 5.32 Å². The van der Waals surface area contributed by atoms with Gasteiger partial charge in [0, 0.05) is 22.2 Å². The summed E-state index contributed by atoms with van der Waals surface area (Å²) in [5.74, 6) is -2.54. The molecule has 0 atom stereocenters. The maximum Gasteiger partial charge on any atom is 0.288 e. The van der Waals surface area contributed by atoms with Gasteiger partial charge in [0.25, 0.3) is 11.7 Å². The fourth-order valence-electron chi connectivity index (χ4n) is 2.48. The van der Waals surface area contributed by atoms with E-state index >= 15 is 0 Å². The van der Waals surface area contributed by atoms with Gasteiger partial charge in [-0.3, -0.25) is 4.79 Å². The number of nitriles is 1. The van der Waals surface area contributed by atoms with Crippen LogP contribution in [0.1, 0.15) is 40.4 Å². The molecule has 1 N–H and O–H groups in total. The number of pyridine rings is 1. The molecular formula is C18H15F2N3OS2. The number of anilines is 1. The first-order chi connectivity index (χ1) is 12.5. The van der Waals surface area contributed by atoms with Gasteiger partial charge in [0.2, 0.25) is 0 Å². The van der Waals surface area contributed by atoms with Crippen LogP contribution in [0.2, 0.25) is 0 Å². The van der Waals surface area contributed by atoms with Gasteiger partial charge in [0.05, 0.1) is 11.1 Å². The van der Waals surface area contributed by atoms with Crippen LogP contribution in [-0.2, 0) is 0 Å². The number of nitrogens with zero attached hydrogens (tertiary/aromatic N) is 2. The first-order valence-corrected chi connectivity index (χ1v) is 9.97. The Labute approximate surface area is 158 Å². The van der Waals surface area contributed by atoms with Crippen molar-refractivity contribution in [2.75, 3.05) is 11.6 Å². The summed E-state index contributed by atoms with van der Waals surface area (Å²) < 4.78 is 24.7. The molecule has 0 aliphatic heterocycles. The molecule has 1 aromatic carbocycles. The largest absolute Gasteiger partial charge is 0.322 e. The van der Waals surface area contributed by atoms with Crippen LogP contribution >= 0.6 is 23.5 Å². The Hall–Kier alpha value is -2.11. The van der Waals surface area contributed by atoms with Gasteiger partial charge in [0.1, 0.15) is 11.1 Å². The molecule has 8 heteroatoms. The average molecular weight is 391 g/mol. The summed E-state index contributed by atoms with van der Waals surface area (Å²) in [4.78, 5) is 17.6. The van der Waals surface area contributed by atoms with E-state index in [1.807, 2.05) is 6.26 Å². The van der Waals surface area contributed by atoms with E-state index in [1.54, 1.807) is 18.2 Å². The Morgan fingerprint density at radius 1 is 1.35 bits per heavy atom. The third-order valence-electron chi connectivity index (χ3n) is 3.89. The summed E-state index contributed by atoms with van der Waals surface area (Å²) in [7, 11) is 0. The van der Waals surface area contributed by atoms with E-state index in [4.69, 9.17) is 0 Å². The van der Waals surface area contributed by atoms with E-state index in [2.05, 4.69) is 16.4 Å². The maximum absolute atomic E-state index is 12.7. The van der Waals surface area contributed by atoms with E-state index < -0.39 is 11.7 Å². The number of carbonyl (C=O) groups excluding carboxylic acids is 1. The molecule has 1 saturated carbocycles. The van der Waals surface area contributed by atoms with Crippen LogP contribution in [0, 0.1) is 11.3 Å². The molecule has 0 radical (unpaired) electrons. The molecule has 1 heterocycles. The highest BCUT2D eigenvalue weighted by Crippen LogP contribution is 2.40. The van der Waals surface area contributed by atoms with E-state index in [1.165, 1.54) is 23.9 Å². The van der Waals surface area contributed by atoms with Crippen molar-refractivity contribution in [1.29, 1.82) is 5.26 Å². The molecule has 2 aromatic rings. The lowest BCUT2D eigenvalue weighted by atomic mass is 10.1. The second-order valence-corrected chi connectivity index (χ2v) is 7.58. The summed E-state index contributed by atoms with van der Waals surface area (Å²) in [5, 5.41) is 12.7. The van der Waals surface area contributed by atoms with Crippen molar-refractivity contribution in [3.05, 3.63) is 47.2 Å². The van der Waals surface area contributed by atoms with Crippen LogP contribution in [0.5, 0.6) is 0 Å². The number of amides is 1. The highest BCUT2D eigenvalue weighted by Gasteiger charge is 2.28. The van der Waals surface area contributed by atoms with Crippen molar-refractivity contribution in [3.8, 4) is 6.07 Å². The Bertz CT molecular complexity index is 862. The minimum atomic E-state index is -2.49. The normalized spacial score (nSPS) is 13.5. The SMILES string of the molecule is CSc1nc(C2CC2)cc(C(=O)Nc2ccc(SC(F)F)cc2)c1C#N. The fourth-order valence-corrected chi connectivity index (χ4v) is 3.54. The molecule has 1 aliphatic carbocycles. The van der Waals surface area contributed by atoms with Crippen LogP contribution in [0.25, 0.3) is 0 Å². The minimum absolute atomic E-state index is 0.254. The third kappa shape index (κ3) is 4.34. The molecule has 26 heavy (non-hydrogen) atoms. The average Bonchev–Trinajstić information content (AvgIpc) is 3.46. The van der Waals surface area contributed by atoms with Crippen LogP contribution in [-0.4, -0.2) is 22.9 Å². The van der Waals surface area contributed by atoms with E-state index in [0.717, 1.165) is 18.5 Å². The van der Waals surface area contributed by atoms with E-state index in [-0.39, 0.29) is 5.56 Å². The minimum Gasteiger partial charge on any atom is -0.322 e. The van der Waals surface area contributed by atoms with Gasteiger partial charge in [0.15, 0.2) is 0 Å². The van der Waals surface area contributed by atoms with Crippen LogP contribution in [0.15, 0.2) is 40.3 Å². The Kier molecular flexibility index (Phi) is 5.79. The first kappa shape index (κ1) is 18.7. The number of alkyl halides is 2. The maximum atomic E-state index is 12.7. The van der Waals surface area contributed by atoms with E-state index in [0.29, 0.717) is 38.9 Å². The molecule has 1 aromatic heterocycles. The molecular weight excluding hydrogens is 376 g/mol. The number of hydrogen-bond donors (Lipinski definition) is 1. The Balaban J connectivity index is 1.85. The summed E-state index contributed by atoms with van der Waals surface area (Å²) in [6.45, 7) is 0. The molecule has 0 spiro atoms. The number of halogens is 2. The molecule has 3 rings (SSSR count). The zero-order chi connectivity index (χ0) is 18.7. The number of hydrogen-bond acceptors (Lipinski definition) is 5. The highest BCUT2D eigenvalue weighted by atomic mass is 32.2. The van der Waals surface area contributed by atoms with Gasteiger partial charge >= 0.3 is 0 Å². The van der Waals surface area contributed by atoms with E-state index in [9.17, 15) is 18.8 Å². The second-order valence-electron chi connectivity index (χ2n) is 5.72. The molecule has 1 fully saturated rings. The van der Waals surface area contributed by atoms with Crippen LogP contribution in [0.3, 0.4) is 0 Å². The topological polar surface area (TPSA) is 65.8 Å². The summed E-state index contributed by atoms with van der Waals surface area (Å²) in [5.41, 5.74) is 1.86. The predicted octanol–water partition coefficient (Wildman–Crippen LogP) is 5.12. The number of nitrogens with one attached hydrogen (secondary N) is 1. The van der Waals surface area contributed by atoms with Gasteiger partial charge in [-0.05, 0) is 49.4 Å². The van der Waals surface area contributed by atoms with Gasteiger partial charge < -0.3 is 5.32 Å². The fraction of sp³-hybridized carbons (Fsp3) is 0.278. The van der Waals surface area contributed by atoms with Gasteiger partial charge in [-0.2, -0.15) is 14.0 Å². The van der Waals surface area contributed by atoms with Crippen molar-refractivity contribution < 1.29 is 13.6 Å². The quantitative estimate of drug-likeness (QED) is 0.693. The zero-order valence-corrected chi connectivity index (χ0v) is 15.5. The molecule has 134 valence electrons. The zero-order valence-electron chi connectivity index (χ0n) is 13.8. The monoisotopic (exact) mass is 391 g/mol. The number of rotatable bonds is 6. The van der Waals surface area contributed by atoms with Gasteiger partial charge in [-0.1, -0.05) is 11.8 Å². The van der Waals surface area contributed by atoms with Crippen molar-refractivity contribution in [1.82, 2.24) is 4.98 Å². The molecule has 0 bridgehead atoms. The van der Waals surface area contributed by atoms with Crippen LogP contribution in [0.4, 0.5) is 14.5 Å². The van der Waals surface area contributed by atoms with Gasteiger partial charge in [-0.25, -0.2) is 4.98 Å².